The van der Waals surface area contributed by atoms with Gasteiger partial charge in [0, 0.05) is 31.1 Å². The smallest absolute Gasteiger partial charge is 0.148 e. The average Bonchev–Trinajstić information content (AvgIpc) is 2.70. The molecule has 152 valence electrons. The van der Waals surface area contributed by atoms with Crippen molar-refractivity contribution in [3.8, 4) is 11.1 Å². The van der Waals surface area contributed by atoms with Crippen molar-refractivity contribution in [3.05, 3.63) is 58.6 Å². The number of hydrogen-bond acceptors (Lipinski definition) is 3. The minimum Gasteiger partial charge on any atom is -0.381 e. The second-order valence-corrected chi connectivity index (χ2v) is 8.95. The van der Waals surface area contributed by atoms with Crippen LogP contribution >= 0.6 is 11.6 Å². The van der Waals surface area contributed by atoms with Gasteiger partial charge in [-0.3, -0.25) is 9.59 Å². The second kappa shape index (κ2) is 8.81. The number of ether oxygens (including phenoxy) is 1. The molecule has 0 aromatic heterocycles. The Kier molecular flexibility index (Phi) is 6.17. The van der Waals surface area contributed by atoms with Gasteiger partial charge in [-0.1, -0.05) is 35.9 Å². The number of ketones is 2. The summed E-state index contributed by atoms with van der Waals surface area (Å²) in [6, 6.07) is 13.7. The molecule has 2 fully saturated rings. The first kappa shape index (κ1) is 20.3. The molecule has 29 heavy (non-hydrogen) atoms. The van der Waals surface area contributed by atoms with E-state index in [1.54, 1.807) is 0 Å². The minimum absolute atomic E-state index is 0.0784. The van der Waals surface area contributed by atoms with Gasteiger partial charge in [0.1, 0.15) is 17.5 Å². The molecule has 0 N–H and O–H groups in total. The SMILES string of the molecule is Cc1ccc(-c2ccc(Cl)cc2)cc1C1C(=O)CC(CC2CCOCC2)CC1=O. The highest BCUT2D eigenvalue weighted by Gasteiger charge is 2.38. The van der Waals surface area contributed by atoms with Gasteiger partial charge < -0.3 is 4.74 Å². The molecule has 2 aromatic carbocycles. The van der Waals surface area contributed by atoms with Gasteiger partial charge in [0.05, 0.1) is 0 Å². The largest absolute Gasteiger partial charge is 0.381 e. The summed E-state index contributed by atoms with van der Waals surface area (Å²) < 4.78 is 5.43. The lowest BCUT2D eigenvalue weighted by Crippen LogP contribution is -2.33. The third-order valence-electron chi connectivity index (χ3n) is 6.40. The molecule has 1 heterocycles. The minimum atomic E-state index is -0.617. The van der Waals surface area contributed by atoms with E-state index in [0.29, 0.717) is 23.8 Å². The van der Waals surface area contributed by atoms with Gasteiger partial charge >= 0.3 is 0 Å². The van der Waals surface area contributed by atoms with Crippen LogP contribution in [0, 0.1) is 18.8 Å². The van der Waals surface area contributed by atoms with Crippen molar-refractivity contribution in [2.45, 2.75) is 44.9 Å². The normalized spacial score (nSPS) is 23.4. The summed E-state index contributed by atoms with van der Waals surface area (Å²) >= 11 is 6.00. The predicted octanol–water partition coefficient (Wildman–Crippen LogP) is 5.76. The molecule has 2 aromatic rings. The number of hydrogen-bond donors (Lipinski definition) is 0. The zero-order chi connectivity index (χ0) is 20.4. The van der Waals surface area contributed by atoms with Gasteiger partial charge in [-0.15, -0.1) is 0 Å². The molecule has 0 radical (unpaired) electrons. The molecule has 4 rings (SSSR count). The summed E-state index contributed by atoms with van der Waals surface area (Å²) in [5, 5.41) is 0.689. The van der Waals surface area contributed by atoms with Crippen LogP contribution in [0.25, 0.3) is 11.1 Å². The van der Waals surface area contributed by atoms with Crippen molar-refractivity contribution < 1.29 is 14.3 Å². The van der Waals surface area contributed by atoms with Crippen LogP contribution in [0.15, 0.2) is 42.5 Å². The van der Waals surface area contributed by atoms with Crippen LogP contribution < -0.4 is 0 Å². The van der Waals surface area contributed by atoms with E-state index in [-0.39, 0.29) is 17.5 Å². The first-order chi connectivity index (χ1) is 14.0. The van der Waals surface area contributed by atoms with Crippen LogP contribution in [0.1, 0.15) is 49.1 Å². The van der Waals surface area contributed by atoms with Gasteiger partial charge in [-0.25, -0.2) is 0 Å². The fourth-order valence-electron chi connectivity index (χ4n) is 4.80. The summed E-state index contributed by atoms with van der Waals surface area (Å²) in [4.78, 5) is 26.1. The number of rotatable bonds is 4. The van der Waals surface area contributed by atoms with E-state index in [0.717, 1.165) is 54.7 Å². The van der Waals surface area contributed by atoms with Crippen LogP contribution in [0.2, 0.25) is 5.02 Å². The maximum absolute atomic E-state index is 13.0. The molecule has 1 aliphatic heterocycles. The molecule has 3 nitrogen and oxygen atoms in total. The Morgan fingerprint density at radius 1 is 0.897 bits per heavy atom. The third-order valence-corrected chi connectivity index (χ3v) is 6.65. The molecule has 1 saturated carbocycles. The zero-order valence-electron chi connectivity index (χ0n) is 16.8. The van der Waals surface area contributed by atoms with Crippen LogP contribution in [0.3, 0.4) is 0 Å². The Morgan fingerprint density at radius 3 is 2.17 bits per heavy atom. The second-order valence-electron chi connectivity index (χ2n) is 8.51. The lowest BCUT2D eigenvalue weighted by atomic mass is 9.72. The standard InChI is InChI=1S/C25H27ClO3/c1-16-2-3-20(19-4-6-21(26)7-5-19)15-22(16)25-23(27)13-18(14-24(25)28)12-17-8-10-29-11-9-17/h2-7,15,17-18,25H,8-14H2,1H3. The topological polar surface area (TPSA) is 43.4 Å². The van der Waals surface area contributed by atoms with E-state index in [2.05, 4.69) is 0 Å². The summed E-state index contributed by atoms with van der Waals surface area (Å²) in [5.41, 5.74) is 3.89. The van der Waals surface area contributed by atoms with Crippen molar-refractivity contribution in [2.24, 2.45) is 11.8 Å². The Hall–Kier alpha value is -1.97. The molecule has 0 spiro atoms. The highest BCUT2D eigenvalue weighted by Crippen LogP contribution is 2.37. The summed E-state index contributed by atoms with van der Waals surface area (Å²) in [6.45, 7) is 3.59. The summed E-state index contributed by atoms with van der Waals surface area (Å²) in [5.74, 6) is 0.312. The van der Waals surface area contributed by atoms with E-state index in [4.69, 9.17) is 16.3 Å². The highest BCUT2D eigenvalue weighted by atomic mass is 35.5. The first-order valence-corrected chi connectivity index (χ1v) is 10.9. The number of carbonyl (C=O) groups is 2. The van der Waals surface area contributed by atoms with E-state index in [9.17, 15) is 9.59 Å². The lowest BCUT2D eigenvalue weighted by molar-refractivity contribution is -0.134. The Balaban J connectivity index is 1.53. The van der Waals surface area contributed by atoms with E-state index in [1.165, 1.54) is 0 Å². The number of benzene rings is 2. The van der Waals surface area contributed by atoms with Gasteiger partial charge in [0.2, 0.25) is 0 Å². The average molecular weight is 411 g/mol. The van der Waals surface area contributed by atoms with Gasteiger partial charge in [0.25, 0.3) is 0 Å². The fourth-order valence-corrected chi connectivity index (χ4v) is 4.92. The van der Waals surface area contributed by atoms with Gasteiger partial charge in [0.15, 0.2) is 0 Å². The molecule has 4 heteroatoms. The maximum atomic E-state index is 13.0. The Bertz CT molecular complexity index is 879. The Morgan fingerprint density at radius 2 is 1.52 bits per heavy atom. The van der Waals surface area contributed by atoms with Crippen molar-refractivity contribution in [2.75, 3.05) is 13.2 Å². The third kappa shape index (κ3) is 4.62. The molecule has 0 unspecified atom stereocenters. The monoisotopic (exact) mass is 410 g/mol. The number of Topliss-reactive ketones (excluding diaryl/α,β-unsaturated/α-hetero) is 2. The van der Waals surface area contributed by atoms with Gasteiger partial charge in [-0.2, -0.15) is 0 Å². The quantitative estimate of drug-likeness (QED) is 0.601. The summed E-state index contributed by atoms with van der Waals surface area (Å²) in [6.07, 6.45) is 4.09. The molecular weight excluding hydrogens is 384 g/mol. The van der Waals surface area contributed by atoms with E-state index < -0.39 is 5.92 Å². The molecule has 0 bridgehead atoms. The Labute approximate surface area is 177 Å². The highest BCUT2D eigenvalue weighted by molar-refractivity contribution is 6.30. The van der Waals surface area contributed by atoms with E-state index >= 15 is 0 Å². The number of aryl methyl sites for hydroxylation is 1. The molecule has 1 saturated heterocycles. The van der Waals surface area contributed by atoms with Crippen molar-refractivity contribution in [1.82, 2.24) is 0 Å². The lowest BCUT2D eigenvalue weighted by Gasteiger charge is -2.31. The molecule has 0 atom stereocenters. The van der Waals surface area contributed by atoms with Crippen LogP contribution in [-0.2, 0) is 14.3 Å². The number of carbonyl (C=O) groups excluding carboxylic acids is 2. The zero-order valence-corrected chi connectivity index (χ0v) is 17.6. The maximum Gasteiger partial charge on any atom is 0.148 e. The van der Waals surface area contributed by atoms with Crippen molar-refractivity contribution in [1.29, 1.82) is 0 Å². The van der Waals surface area contributed by atoms with Crippen LogP contribution in [-0.4, -0.2) is 24.8 Å². The molecule has 2 aliphatic rings. The van der Waals surface area contributed by atoms with Crippen molar-refractivity contribution in [3.63, 3.8) is 0 Å². The van der Waals surface area contributed by atoms with Crippen molar-refractivity contribution >= 4 is 23.2 Å². The molecule has 0 amide bonds. The van der Waals surface area contributed by atoms with Gasteiger partial charge in [-0.05, 0) is 78.5 Å². The molecule has 1 aliphatic carbocycles. The predicted molar refractivity (Wildman–Crippen MR) is 115 cm³/mol. The van der Waals surface area contributed by atoms with Crippen LogP contribution in [0.5, 0.6) is 0 Å². The van der Waals surface area contributed by atoms with Crippen LogP contribution in [0.4, 0.5) is 0 Å². The fraction of sp³-hybridized carbons (Fsp3) is 0.440. The number of halogens is 1. The molecular formula is C25H27ClO3. The van der Waals surface area contributed by atoms with E-state index in [1.807, 2.05) is 49.4 Å². The summed E-state index contributed by atoms with van der Waals surface area (Å²) in [7, 11) is 0. The first-order valence-electron chi connectivity index (χ1n) is 10.5.